The van der Waals surface area contributed by atoms with Crippen LogP contribution in [0.1, 0.15) is 32.5 Å². The standard InChI is InChI=1S/C12H18ClN3O2/c1-4-18-12(17)6-5-8(2)14-11-7-10(13)15-9(3)16-11/h7-8H,4-6H2,1-3H3,(H,14,15,16). The number of hydrogen-bond donors (Lipinski definition) is 1. The number of carbonyl (C=O) groups excluding carboxylic acids is 1. The first-order valence-corrected chi connectivity index (χ1v) is 6.32. The first-order chi connectivity index (χ1) is 8.51. The maximum atomic E-state index is 11.2. The highest BCUT2D eigenvalue weighted by Gasteiger charge is 2.08. The van der Waals surface area contributed by atoms with E-state index in [-0.39, 0.29) is 12.0 Å². The third kappa shape index (κ3) is 5.31. The number of nitrogens with zero attached hydrogens (tertiary/aromatic N) is 2. The number of aryl methyl sites for hydroxylation is 1. The number of halogens is 1. The molecule has 100 valence electrons. The topological polar surface area (TPSA) is 64.1 Å². The Balaban J connectivity index is 2.44. The van der Waals surface area contributed by atoms with Crippen LogP contribution in [0.15, 0.2) is 6.07 Å². The zero-order valence-electron chi connectivity index (χ0n) is 10.9. The molecule has 6 heteroatoms. The Labute approximate surface area is 112 Å². The van der Waals surface area contributed by atoms with Crippen molar-refractivity contribution >= 4 is 23.4 Å². The number of aromatic nitrogens is 2. The zero-order chi connectivity index (χ0) is 13.5. The minimum absolute atomic E-state index is 0.111. The first-order valence-electron chi connectivity index (χ1n) is 5.94. The molecule has 5 nitrogen and oxygen atoms in total. The van der Waals surface area contributed by atoms with Gasteiger partial charge in [-0.25, -0.2) is 9.97 Å². The second kappa shape index (κ2) is 7.16. The second-order valence-corrected chi connectivity index (χ2v) is 4.40. The normalized spacial score (nSPS) is 12.0. The molecule has 0 saturated heterocycles. The quantitative estimate of drug-likeness (QED) is 0.636. The van der Waals surface area contributed by atoms with Crippen LogP contribution in [0.4, 0.5) is 5.82 Å². The van der Waals surface area contributed by atoms with Crippen LogP contribution in [-0.4, -0.2) is 28.6 Å². The summed E-state index contributed by atoms with van der Waals surface area (Å²) in [5.74, 6) is 1.11. The van der Waals surface area contributed by atoms with Crippen LogP contribution in [0.25, 0.3) is 0 Å². The maximum absolute atomic E-state index is 11.2. The van der Waals surface area contributed by atoms with Gasteiger partial charge in [-0.2, -0.15) is 0 Å². The van der Waals surface area contributed by atoms with E-state index in [0.29, 0.717) is 36.2 Å². The summed E-state index contributed by atoms with van der Waals surface area (Å²) in [6.45, 7) is 5.97. The number of carbonyl (C=O) groups is 1. The molecule has 0 aliphatic rings. The molecule has 1 heterocycles. The monoisotopic (exact) mass is 271 g/mol. The Kier molecular flexibility index (Phi) is 5.85. The summed E-state index contributed by atoms with van der Waals surface area (Å²) in [6.07, 6.45) is 1.07. The molecule has 1 aromatic heterocycles. The van der Waals surface area contributed by atoms with Gasteiger partial charge in [0.25, 0.3) is 0 Å². The predicted octanol–water partition coefficient (Wildman–Crippen LogP) is 2.58. The minimum atomic E-state index is -0.178. The van der Waals surface area contributed by atoms with Gasteiger partial charge in [0.1, 0.15) is 16.8 Å². The molecule has 1 rings (SSSR count). The lowest BCUT2D eigenvalue weighted by Crippen LogP contribution is -2.18. The molecule has 0 amide bonds. The van der Waals surface area contributed by atoms with Crippen LogP contribution in [0, 0.1) is 6.92 Å². The fourth-order valence-electron chi connectivity index (χ4n) is 1.50. The van der Waals surface area contributed by atoms with Crippen LogP contribution in [0.3, 0.4) is 0 Å². The van der Waals surface area contributed by atoms with Crippen molar-refractivity contribution in [2.75, 3.05) is 11.9 Å². The van der Waals surface area contributed by atoms with Crippen LogP contribution >= 0.6 is 11.6 Å². The third-order valence-electron chi connectivity index (χ3n) is 2.29. The average Bonchev–Trinajstić information content (AvgIpc) is 2.25. The van der Waals surface area contributed by atoms with E-state index in [1.165, 1.54) is 0 Å². The van der Waals surface area contributed by atoms with Gasteiger partial charge in [0, 0.05) is 18.5 Å². The van der Waals surface area contributed by atoms with Gasteiger partial charge in [-0.05, 0) is 27.2 Å². The predicted molar refractivity (Wildman–Crippen MR) is 70.7 cm³/mol. The summed E-state index contributed by atoms with van der Waals surface area (Å²) in [4.78, 5) is 19.4. The number of esters is 1. The fraction of sp³-hybridized carbons (Fsp3) is 0.583. The molecule has 0 aliphatic heterocycles. The number of nitrogens with one attached hydrogen (secondary N) is 1. The average molecular weight is 272 g/mol. The van der Waals surface area contributed by atoms with Crippen molar-refractivity contribution in [3.8, 4) is 0 Å². The molecule has 1 unspecified atom stereocenters. The van der Waals surface area contributed by atoms with Crippen molar-refractivity contribution < 1.29 is 9.53 Å². The van der Waals surface area contributed by atoms with E-state index in [9.17, 15) is 4.79 Å². The van der Waals surface area contributed by atoms with E-state index in [1.54, 1.807) is 19.9 Å². The molecule has 0 aliphatic carbocycles. The molecule has 0 spiro atoms. The molecule has 0 bridgehead atoms. The fourth-order valence-corrected chi connectivity index (χ4v) is 1.72. The van der Waals surface area contributed by atoms with E-state index in [2.05, 4.69) is 15.3 Å². The molecule has 0 aromatic carbocycles. The van der Waals surface area contributed by atoms with E-state index in [0.717, 1.165) is 0 Å². The summed E-state index contributed by atoms with van der Waals surface area (Å²) in [7, 11) is 0. The summed E-state index contributed by atoms with van der Waals surface area (Å²) in [5.41, 5.74) is 0. The molecule has 0 radical (unpaired) electrons. The van der Waals surface area contributed by atoms with Crippen LogP contribution in [-0.2, 0) is 9.53 Å². The van der Waals surface area contributed by atoms with Crippen molar-refractivity contribution in [2.45, 2.75) is 39.7 Å². The number of anilines is 1. The van der Waals surface area contributed by atoms with Crippen LogP contribution < -0.4 is 5.32 Å². The maximum Gasteiger partial charge on any atom is 0.305 e. The van der Waals surface area contributed by atoms with Gasteiger partial charge in [-0.1, -0.05) is 11.6 Å². The summed E-state index contributed by atoms with van der Waals surface area (Å²) in [5, 5.41) is 3.58. The van der Waals surface area contributed by atoms with Crippen LogP contribution in [0.5, 0.6) is 0 Å². The lowest BCUT2D eigenvalue weighted by Gasteiger charge is -2.14. The smallest absolute Gasteiger partial charge is 0.305 e. The molecule has 0 fully saturated rings. The SMILES string of the molecule is CCOC(=O)CCC(C)Nc1cc(Cl)nc(C)n1. The minimum Gasteiger partial charge on any atom is -0.466 e. The molecule has 1 atom stereocenters. The Morgan fingerprint density at radius 1 is 1.56 bits per heavy atom. The van der Waals surface area contributed by atoms with E-state index in [4.69, 9.17) is 16.3 Å². The lowest BCUT2D eigenvalue weighted by atomic mass is 10.2. The highest BCUT2D eigenvalue weighted by atomic mass is 35.5. The largest absolute Gasteiger partial charge is 0.466 e. The van der Waals surface area contributed by atoms with Crippen LogP contribution in [0.2, 0.25) is 5.15 Å². The highest BCUT2D eigenvalue weighted by Crippen LogP contribution is 2.13. The van der Waals surface area contributed by atoms with Gasteiger partial charge in [-0.3, -0.25) is 4.79 Å². The van der Waals surface area contributed by atoms with Gasteiger partial charge in [0.05, 0.1) is 6.61 Å². The zero-order valence-corrected chi connectivity index (χ0v) is 11.6. The summed E-state index contributed by atoms with van der Waals surface area (Å²) in [6, 6.07) is 1.77. The third-order valence-corrected chi connectivity index (χ3v) is 2.48. The summed E-state index contributed by atoms with van der Waals surface area (Å²) < 4.78 is 4.87. The Morgan fingerprint density at radius 2 is 2.28 bits per heavy atom. The number of rotatable bonds is 6. The second-order valence-electron chi connectivity index (χ2n) is 4.01. The number of ether oxygens (including phenoxy) is 1. The van der Waals surface area contributed by atoms with Gasteiger partial charge >= 0.3 is 5.97 Å². The van der Waals surface area contributed by atoms with Gasteiger partial charge in [-0.15, -0.1) is 0 Å². The summed E-state index contributed by atoms with van der Waals surface area (Å²) >= 11 is 5.84. The molecular formula is C12H18ClN3O2. The molecule has 18 heavy (non-hydrogen) atoms. The Morgan fingerprint density at radius 3 is 2.89 bits per heavy atom. The van der Waals surface area contributed by atoms with Crippen molar-refractivity contribution in [1.29, 1.82) is 0 Å². The van der Waals surface area contributed by atoms with Gasteiger partial charge < -0.3 is 10.1 Å². The molecule has 1 aromatic rings. The van der Waals surface area contributed by atoms with E-state index in [1.807, 2.05) is 6.92 Å². The van der Waals surface area contributed by atoms with E-state index >= 15 is 0 Å². The Hall–Kier alpha value is -1.36. The van der Waals surface area contributed by atoms with Crippen molar-refractivity contribution in [3.63, 3.8) is 0 Å². The lowest BCUT2D eigenvalue weighted by molar-refractivity contribution is -0.143. The molecule has 0 saturated carbocycles. The van der Waals surface area contributed by atoms with Crippen molar-refractivity contribution in [2.24, 2.45) is 0 Å². The van der Waals surface area contributed by atoms with Gasteiger partial charge in [0.15, 0.2) is 0 Å². The van der Waals surface area contributed by atoms with E-state index < -0.39 is 0 Å². The highest BCUT2D eigenvalue weighted by molar-refractivity contribution is 6.29. The van der Waals surface area contributed by atoms with Gasteiger partial charge in [0.2, 0.25) is 0 Å². The molecule has 1 N–H and O–H groups in total. The van der Waals surface area contributed by atoms with Crippen molar-refractivity contribution in [1.82, 2.24) is 9.97 Å². The Bertz CT molecular complexity index is 392. The number of hydrogen-bond acceptors (Lipinski definition) is 5. The molecular weight excluding hydrogens is 254 g/mol. The first kappa shape index (κ1) is 14.7. The van der Waals surface area contributed by atoms with Crippen molar-refractivity contribution in [3.05, 3.63) is 17.0 Å².